The number of rotatable bonds is 2. The number of thiophene rings is 1. The normalized spacial score (nSPS) is 20.6. The van der Waals surface area contributed by atoms with E-state index in [0.717, 1.165) is 0 Å². The molecule has 0 radical (unpaired) electrons. The molecular formula is C9H7N3OS3. The zero-order valence-corrected chi connectivity index (χ0v) is 10.5. The van der Waals surface area contributed by atoms with E-state index < -0.39 is 0 Å². The minimum atomic E-state index is 0.0699. The summed E-state index contributed by atoms with van der Waals surface area (Å²) in [5.41, 5.74) is 1.65. The van der Waals surface area contributed by atoms with E-state index in [-0.39, 0.29) is 11.3 Å². The van der Waals surface area contributed by atoms with Crippen LogP contribution in [0.5, 0.6) is 0 Å². The summed E-state index contributed by atoms with van der Waals surface area (Å²) in [6, 6.07) is 4.05. The minimum Gasteiger partial charge on any atom is -0.273 e. The molecule has 16 heavy (non-hydrogen) atoms. The molecule has 1 fully saturated rings. The van der Waals surface area contributed by atoms with Gasteiger partial charge in [-0.2, -0.15) is 0 Å². The Labute approximate surface area is 104 Å². The summed E-state index contributed by atoms with van der Waals surface area (Å²) in [6.45, 7) is 0. The molecule has 2 aromatic rings. The molecule has 0 N–H and O–H groups in total. The Hall–Kier alpha value is -0.920. The van der Waals surface area contributed by atoms with E-state index in [9.17, 15) is 4.79 Å². The van der Waals surface area contributed by atoms with Gasteiger partial charge in [0.1, 0.15) is 10.9 Å². The Morgan fingerprint density at radius 2 is 2.38 bits per heavy atom. The van der Waals surface area contributed by atoms with Gasteiger partial charge in [0, 0.05) is 4.88 Å². The molecule has 1 saturated heterocycles. The monoisotopic (exact) mass is 269 g/mol. The first-order valence-electron chi connectivity index (χ1n) is 4.59. The largest absolute Gasteiger partial charge is 0.273 e. The van der Waals surface area contributed by atoms with Crippen molar-refractivity contribution in [2.45, 2.75) is 5.37 Å². The number of hydrogen-bond donors (Lipinski definition) is 0. The SMILES string of the molecule is O=C1CS[C@@H](c2cccs2)N1c1nncs1. The van der Waals surface area contributed by atoms with Crippen molar-refractivity contribution in [3.8, 4) is 0 Å². The molecule has 0 spiro atoms. The fourth-order valence-corrected chi connectivity index (χ4v) is 4.33. The fourth-order valence-electron chi connectivity index (χ4n) is 1.55. The van der Waals surface area contributed by atoms with E-state index in [1.165, 1.54) is 16.2 Å². The first-order chi connectivity index (χ1) is 7.86. The summed E-state index contributed by atoms with van der Waals surface area (Å²) >= 11 is 4.70. The number of carbonyl (C=O) groups excluding carboxylic acids is 1. The summed E-state index contributed by atoms with van der Waals surface area (Å²) < 4.78 is 0. The van der Waals surface area contributed by atoms with Crippen LogP contribution in [0.2, 0.25) is 0 Å². The molecule has 0 bridgehead atoms. The molecule has 3 heterocycles. The third kappa shape index (κ3) is 1.64. The van der Waals surface area contributed by atoms with Crippen LogP contribution in [0.1, 0.15) is 10.3 Å². The highest BCUT2D eigenvalue weighted by Crippen LogP contribution is 2.43. The smallest absolute Gasteiger partial charge is 0.240 e. The lowest BCUT2D eigenvalue weighted by Gasteiger charge is -2.19. The first kappa shape index (κ1) is 10.2. The molecule has 0 aromatic carbocycles. The molecule has 82 valence electrons. The molecule has 3 rings (SSSR count). The molecule has 0 unspecified atom stereocenters. The van der Waals surface area contributed by atoms with Crippen molar-refractivity contribution in [2.24, 2.45) is 0 Å². The predicted molar refractivity (Wildman–Crippen MR) is 66.9 cm³/mol. The molecule has 1 amide bonds. The number of hydrogen-bond acceptors (Lipinski definition) is 6. The van der Waals surface area contributed by atoms with Gasteiger partial charge < -0.3 is 0 Å². The second kappa shape index (κ2) is 4.15. The maximum absolute atomic E-state index is 11.8. The Morgan fingerprint density at radius 1 is 1.44 bits per heavy atom. The Bertz CT molecular complexity index is 482. The van der Waals surface area contributed by atoms with E-state index in [4.69, 9.17) is 0 Å². The summed E-state index contributed by atoms with van der Waals surface area (Å²) in [5.74, 6) is 0.627. The molecule has 1 aliphatic heterocycles. The second-order valence-corrected chi connectivity index (χ2v) is 6.02. The van der Waals surface area contributed by atoms with Crippen LogP contribution in [-0.2, 0) is 4.79 Å². The van der Waals surface area contributed by atoms with E-state index in [0.29, 0.717) is 10.9 Å². The van der Waals surface area contributed by atoms with Gasteiger partial charge in [0.05, 0.1) is 5.75 Å². The maximum Gasteiger partial charge on any atom is 0.240 e. The Kier molecular flexibility index (Phi) is 2.66. The van der Waals surface area contributed by atoms with Gasteiger partial charge in [0.15, 0.2) is 0 Å². The molecule has 0 saturated carbocycles. The van der Waals surface area contributed by atoms with Crippen LogP contribution in [0.3, 0.4) is 0 Å². The van der Waals surface area contributed by atoms with Crippen molar-refractivity contribution in [3.05, 3.63) is 27.9 Å². The van der Waals surface area contributed by atoms with Crippen molar-refractivity contribution in [1.29, 1.82) is 0 Å². The number of aromatic nitrogens is 2. The zero-order chi connectivity index (χ0) is 11.0. The standard InChI is InChI=1S/C9H7N3OS3/c13-7-4-15-8(6-2-1-3-14-6)12(7)9-11-10-5-16-9/h1-3,5,8H,4H2/t8-/m0/s1. The predicted octanol–water partition coefficient (Wildman–Crippen LogP) is 2.38. The lowest BCUT2D eigenvalue weighted by atomic mass is 10.4. The zero-order valence-electron chi connectivity index (χ0n) is 8.07. The molecule has 0 aliphatic carbocycles. The second-order valence-electron chi connectivity index (χ2n) is 3.16. The van der Waals surface area contributed by atoms with E-state index >= 15 is 0 Å². The highest BCUT2D eigenvalue weighted by molar-refractivity contribution is 8.01. The summed E-state index contributed by atoms with van der Waals surface area (Å²) in [4.78, 5) is 14.8. The van der Waals surface area contributed by atoms with Gasteiger partial charge in [0.25, 0.3) is 0 Å². The highest BCUT2D eigenvalue weighted by atomic mass is 32.2. The van der Waals surface area contributed by atoms with Gasteiger partial charge in [-0.1, -0.05) is 17.4 Å². The van der Waals surface area contributed by atoms with Crippen molar-refractivity contribution in [2.75, 3.05) is 10.7 Å². The molecule has 4 nitrogen and oxygen atoms in total. The Balaban J connectivity index is 1.97. The average molecular weight is 269 g/mol. The number of nitrogens with zero attached hydrogens (tertiary/aromatic N) is 3. The minimum absolute atomic E-state index is 0.0699. The number of amides is 1. The molecule has 7 heteroatoms. The Morgan fingerprint density at radius 3 is 3.06 bits per heavy atom. The van der Waals surface area contributed by atoms with Crippen molar-refractivity contribution < 1.29 is 4.79 Å². The van der Waals surface area contributed by atoms with Gasteiger partial charge in [-0.05, 0) is 11.4 Å². The third-order valence-corrected chi connectivity index (χ3v) is 5.17. The summed E-state index contributed by atoms with van der Waals surface area (Å²) in [7, 11) is 0. The van der Waals surface area contributed by atoms with Crippen LogP contribution < -0.4 is 4.90 Å². The molecular weight excluding hydrogens is 262 g/mol. The van der Waals surface area contributed by atoms with Crippen LogP contribution >= 0.6 is 34.4 Å². The van der Waals surface area contributed by atoms with Gasteiger partial charge in [-0.15, -0.1) is 33.3 Å². The van der Waals surface area contributed by atoms with Gasteiger partial charge in [0.2, 0.25) is 11.0 Å². The van der Waals surface area contributed by atoms with Gasteiger partial charge >= 0.3 is 0 Å². The van der Waals surface area contributed by atoms with Crippen LogP contribution in [0, 0.1) is 0 Å². The van der Waals surface area contributed by atoms with Gasteiger partial charge in [-0.25, -0.2) is 0 Å². The average Bonchev–Trinajstić information content (AvgIpc) is 2.96. The van der Waals surface area contributed by atoms with Crippen LogP contribution in [0.4, 0.5) is 5.13 Å². The first-order valence-corrected chi connectivity index (χ1v) is 7.40. The van der Waals surface area contributed by atoms with Crippen LogP contribution in [0.15, 0.2) is 23.0 Å². The number of anilines is 1. The van der Waals surface area contributed by atoms with E-state index in [1.807, 2.05) is 11.4 Å². The third-order valence-electron chi connectivity index (χ3n) is 2.21. The van der Waals surface area contributed by atoms with Crippen molar-refractivity contribution in [3.63, 3.8) is 0 Å². The topological polar surface area (TPSA) is 46.1 Å². The lowest BCUT2D eigenvalue weighted by Crippen LogP contribution is -2.27. The van der Waals surface area contributed by atoms with E-state index in [2.05, 4.69) is 16.3 Å². The molecule has 1 atom stereocenters. The lowest BCUT2D eigenvalue weighted by molar-refractivity contribution is -0.115. The molecule has 2 aromatic heterocycles. The van der Waals surface area contributed by atoms with Crippen molar-refractivity contribution in [1.82, 2.24) is 10.2 Å². The quantitative estimate of drug-likeness (QED) is 0.839. The van der Waals surface area contributed by atoms with E-state index in [1.54, 1.807) is 33.5 Å². The molecule has 1 aliphatic rings. The highest BCUT2D eigenvalue weighted by Gasteiger charge is 2.36. The van der Waals surface area contributed by atoms with Crippen LogP contribution in [-0.4, -0.2) is 21.9 Å². The number of carbonyl (C=O) groups is 1. The number of thioether (sulfide) groups is 1. The van der Waals surface area contributed by atoms with Crippen LogP contribution in [0.25, 0.3) is 0 Å². The van der Waals surface area contributed by atoms with Crippen molar-refractivity contribution >= 4 is 45.5 Å². The maximum atomic E-state index is 11.8. The summed E-state index contributed by atoms with van der Waals surface area (Å²) in [5, 5.41) is 10.5. The summed E-state index contributed by atoms with van der Waals surface area (Å²) in [6.07, 6.45) is 0. The van der Waals surface area contributed by atoms with Gasteiger partial charge in [-0.3, -0.25) is 9.69 Å². The fraction of sp³-hybridized carbons (Fsp3) is 0.222.